The van der Waals surface area contributed by atoms with Crippen LogP contribution >= 0.6 is 11.6 Å². The molecule has 0 fully saturated rings. The molecule has 0 atom stereocenters. The SMILES string of the molecule is COc1ccc(Nc2ccnc(Nc3ccc(OC)c(OC)c3)n2)cc1Cl. The minimum Gasteiger partial charge on any atom is -0.495 e. The van der Waals surface area contributed by atoms with E-state index in [1.165, 1.54) is 0 Å². The summed E-state index contributed by atoms with van der Waals surface area (Å²) in [7, 11) is 4.75. The Kier molecular flexibility index (Phi) is 5.83. The molecule has 140 valence electrons. The van der Waals surface area contributed by atoms with Crippen LogP contribution in [0.1, 0.15) is 0 Å². The van der Waals surface area contributed by atoms with Gasteiger partial charge in [0.2, 0.25) is 5.95 Å². The van der Waals surface area contributed by atoms with Crippen molar-refractivity contribution in [3.8, 4) is 17.2 Å². The lowest BCUT2D eigenvalue weighted by Crippen LogP contribution is -2.01. The second-order valence-corrected chi connectivity index (χ2v) is 5.84. The van der Waals surface area contributed by atoms with Gasteiger partial charge in [-0.25, -0.2) is 4.98 Å². The van der Waals surface area contributed by atoms with E-state index in [1.54, 1.807) is 45.7 Å². The number of halogens is 1. The number of hydrogen-bond acceptors (Lipinski definition) is 7. The van der Waals surface area contributed by atoms with Crippen molar-refractivity contribution in [2.24, 2.45) is 0 Å². The van der Waals surface area contributed by atoms with E-state index in [0.717, 1.165) is 11.4 Å². The number of rotatable bonds is 7. The average Bonchev–Trinajstić information content (AvgIpc) is 2.68. The molecule has 0 bridgehead atoms. The van der Waals surface area contributed by atoms with Crippen molar-refractivity contribution in [2.45, 2.75) is 0 Å². The van der Waals surface area contributed by atoms with Crippen molar-refractivity contribution in [3.05, 3.63) is 53.7 Å². The number of anilines is 4. The minimum atomic E-state index is 0.437. The summed E-state index contributed by atoms with van der Waals surface area (Å²) in [6, 6.07) is 12.6. The number of ether oxygens (including phenoxy) is 3. The monoisotopic (exact) mass is 386 g/mol. The van der Waals surface area contributed by atoms with Gasteiger partial charge in [0, 0.05) is 23.6 Å². The van der Waals surface area contributed by atoms with Gasteiger partial charge in [0.05, 0.1) is 26.4 Å². The maximum Gasteiger partial charge on any atom is 0.229 e. The second-order valence-electron chi connectivity index (χ2n) is 5.43. The molecule has 0 radical (unpaired) electrons. The second kappa shape index (κ2) is 8.46. The van der Waals surface area contributed by atoms with Crippen LogP contribution < -0.4 is 24.8 Å². The molecule has 0 spiro atoms. The summed E-state index contributed by atoms with van der Waals surface area (Å²) in [6.07, 6.45) is 1.66. The van der Waals surface area contributed by atoms with Crippen molar-refractivity contribution >= 4 is 34.7 Å². The first-order valence-corrected chi connectivity index (χ1v) is 8.43. The molecule has 2 aromatic carbocycles. The Bertz CT molecular complexity index is 937. The number of nitrogens with zero attached hydrogens (tertiary/aromatic N) is 2. The third-order valence-electron chi connectivity index (χ3n) is 3.72. The molecule has 0 aliphatic carbocycles. The molecule has 0 saturated carbocycles. The van der Waals surface area contributed by atoms with Gasteiger partial charge < -0.3 is 24.8 Å². The predicted molar refractivity (Wildman–Crippen MR) is 106 cm³/mol. The zero-order chi connectivity index (χ0) is 19.2. The van der Waals surface area contributed by atoms with Crippen LogP contribution in [-0.4, -0.2) is 31.3 Å². The van der Waals surface area contributed by atoms with Crippen molar-refractivity contribution in [3.63, 3.8) is 0 Å². The van der Waals surface area contributed by atoms with Gasteiger partial charge in [0.15, 0.2) is 11.5 Å². The lowest BCUT2D eigenvalue weighted by molar-refractivity contribution is 0.355. The highest BCUT2D eigenvalue weighted by atomic mass is 35.5. The highest BCUT2D eigenvalue weighted by Crippen LogP contribution is 2.31. The van der Waals surface area contributed by atoms with Crippen molar-refractivity contribution in [1.82, 2.24) is 9.97 Å². The van der Waals surface area contributed by atoms with Gasteiger partial charge in [0.25, 0.3) is 0 Å². The average molecular weight is 387 g/mol. The van der Waals surface area contributed by atoms with E-state index in [9.17, 15) is 0 Å². The predicted octanol–water partition coefficient (Wildman–Crippen LogP) is 4.64. The summed E-state index contributed by atoms with van der Waals surface area (Å²) in [5, 5.41) is 6.84. The third kappa shape index (κ3) is 4.51. The van der Waals surface area contributed by atoms with Gasteiger partial charge in [-0.15, -0.1) is 0 Å². The largest absolute Gasteiger partial charge is 0.495 e. The highest BCUT2D eigenvalue weighted by Gasteiger charge is 2.07. The van der Waals surface area contributed by atoms with Crippen LogP contribution in [0.2, 0.25) is 5.02 Å². The number of hydrogen-bond donors (Lipinski definition) is 2. The lowest BCUT2D eigenvalue weighted by Gasteiger charge is -2.12. The smallest absolute Gasteiger partial charge is 0.229 e. The molecule has 0 aliphatic rings. The summed E-state index contributed by atoms with van der Waals surface area (Å²) in [5.74, 6) is 2.93. The summed E-state index contributed by atoms with van der Waals surface area (Å²) in [4.78, 5) is 8.69. The van der Waals surface area contributed by atoms with E-state index in [2.05, 4.69) is 20.6 Å². The maximum atomic E-state index is 6.16. The van der Waals surface area contributed by atoms with Crippen molar-refractivity contribution in [1.29, 1.82) is 0 Å². The van der Waals surface area contributed by atoms with Crippen LogP contribution in [0, 0.1) is 0 Å². The summed E-state index contributed by atoms with van der Waals surface area (Å²) in [5.41, 5.74) is 1.56. The van der Waals surface area contributed by atoms with E-state index >= 15 is 0 Å². The first-order chi connectivity index (χ1) is 13.1. The summed E-state index contributed by atoms with van der Waals surface area (Å²) in [6.45, 7) is 0. The number of benzene rings is 2. The Morgan fingerprint density at radius 2 is 1.44 bits per heavy atom. The van der Waals surface area contributed by atoms with E-state index in [0.29, 0.717) is 34.0 Å². The molecule has 1 heterocycles. The molecule has 7 nitrogen and oxygen atoms in total. The molecule has 0 saturated heterocycles. The van der Waals surface area contributed by atoms with Gasteiger partial charge in [0.1, 0.15) is 11.6 Å². The first kappa shape index (κ1) is 18.6. The van der Waals surface area contributed by atoms with Crippen LogP contribution in [-0.2, 0) is 0 Å². The van der Waals surface area contributed by atoms with Crippen LogP contribution in [0.3, 0.4) is 0 Å². The minimum absolute atomic E-state index is 0.437. The Morgan fingerprint density at radius 1 is 0.778 bits per heavy atom. The summed E-state index contributed by atoms with van der Waals surface area (Å²) >= 11 is 6.16. The molecule has 3 aromatic rings. The molecule has 2 N–H and O–H groups in total. The van der Waals surface area contributed by atoms with Gasteiger partial charge in [-0.2, -0.15) is 4.98 Å². The molecular formula is C19H19ClN4O3. The van der Waals surface area contributed by atoms with Gasteiger partial charge in [-0.05, 0) is 36.4 Å². The zero-order valence-corrected chi connectivity index (χ0v) is 15.9. The Morgan fingerprint density at radius 3 is 2.11 bits per heavy atom. The van der Waals surface area contributed by atoms with Gasteiger partial charge >= 0.3 is 0 Å². The number of aromatic nitrogens is 2. The van der Waals surface area contributed by atoms with Crippen LogP contribution in [0.5, 0.6) is 17.2 Å². The topological polar surface area (TPSA) is 77.5 Å². The van der Waals surface area contributed by atoms with E-state index < -0.39 is 0 Å². The van der Waals surface area contributed by atoms with Crippen LogP contribution in [0.25, 0.3) is 0 Å². The molecule has 0 amide bonds. The lowest BCUT2D eigenvalue weighted by atomic mass is 10.3. The summed E-state index contributed by atoms with van der Waals surface area (Å²) < 4.78 is 15.7. The number of methoxy groups -OCH3 is 3. The van der Waals surface area contributed by atoms with E-state index in [1.807, 2.05) is 24.3 Å². The molecule has 0 unspecified atom stereocenters. The fraction of sp³-hybridized carbons (Fsp3) is 0.158. The number of nitrogens with one attached hydrogen (secondary N) is 2. The van der Waals surface area contributed by atoms with Crippen LogP contribution in [0.15, 0.2) is 48.7 Å². The quantitative estimate of drug-likeness (QED) is 0.612. The van der Waals surface area contributed by atoms with Gasteiger partial charge in [-0.1, -0.05) is 11.6 Å². The molecule has 1 aromatic heterocycles. The van der Waals surface area contributed by atoms with E-state index in [-0.39, 0.29) is 0 Å². The zero-order valence-electron chi connectivity index (χ0n) is 15.1. The Labute approximate surface area is 162 Å². The molecule has 8 heteroatoms. The Hall–Kier alpha value is -3.19. The van der Waals surface area contributed by atoms with E-state index in [4.69, 9.17) is 25.8 Å². The molecular weight excluding hydrogens is 368 g/mol. The van der Waals surface area contributed by atoms with Crippen molar-refractivity contribution in [2.75, 3.05) is 32.0 Å². The molecule has 0 aliphatic heterocycles. The fourth-order valence-corrected chi connectivity index (χ4v) is 2.68. The normalized spacial score (nSPS) is 10.2. The third-order valence-corrected chi connectivity index (χ3v) is 4.01. The van der Waals surface area contributed by atoms with Crippen LogP contribution in [0.4, 0.5) is 23.1 Å². The van der Waals surface area contributed by atoms with Gasteiger partial charge in [-0.3, -0.25) is 0 Å². The molecule has 27 heavy (non-hydrogen) atoms. The maximum absolute atomic E-state index is 6.16. The first-order valence-electron chi connectivity index (χ1n) is 8.05. The Balaban J connectivity index is 1.77. The van der Waals surface area contributed by atoms with Crippen molar-refractivity contribution < 1.29 is 14.2 Å². The highest BCUT2D eigenvalue weighted by molar-refractivity contribution is 6.32. The fourth-order valence-electron chi connectivity index (χ4n) is 2.42. The molecule has 3 rings (SSSR count). The standard InChI is InChI=1S/C19H19ClN4O3/c1-25-15-6-4-12(10-14(15)20)22-18-8-9-21-19(24-18)23-13-5-7-16(26-2)17(11-13)27-3/h4-11H,1-3H3,(H2,21,22,23,24).